The van der Waals surface area contributed by atoms with Crippen LogP contribution in [0.25, 0.3) is 22.2 Å². The van der Waals surface area contributed by atoms with Crippen molar-refractivity contribution in [2.75, 3.05) is 19.3 Å². The molecule has 0 aliphatic carbocycles. The molecule has 3 aromatic rings. The first kappa shape index (κ1) is 16.6. The van der Waals surface area contributed by atoms with Crippen molar-refractivity contribution in [2.24, 2.45) is 7.05 Å². The summed E-state index contributed by atoms with van der Waals surface area (Å²) in [5, 5.41) is 3.68. The van der Waals surface area contributed by atoms with Crippen LogP contribution in [0.2, 0.25) is 0 Å². The van der Waals surface area contributed by atoms with Gasteiger partial charge in [-0.05, 0) is 12.6 Å². The van der Waals surface area contributed by atoms with Crippen molar-refractivity contribution in [2.45, 2.75) is 6.04 Å². The van der Waals surface area contributed by atoms with Crippen LogP contribution in [0, 0.1) is 0 Å². The second kappa shape index (κ2) is 6.70. The number of aryl methyl sites for hydroxylation is 1. The van der Waals surface area contributed by atoms with Gasteiger partial charge in [0.05, 0.1) is 22.6 Å². The molecule has 3 rings (SSSR count). The lowest BCUT2D eigenvalue weighted by Gasteiger charge is -2.19. The highest BCUT2D eigenvalue weighted by Gasteiger charge is 2.21. The molecule has 2 aromatic heterocycles. The topological polar surface area (TPSA) is 71.8 Å². The van der Waals surface area contributed by atoms with Crippen LogP contribution in [-0.2, 0) is 7.05 Å². The largest absolute Gasteiger partial charge is 0.339 e. The molecule has 0 amide bonds. The van der Waals surface area contributed by atoms with Gasteiger partial charge < -0.3 is 9.88 Å². The molecule has 0 saturated heterocycles. The van der Waals surface area contributed by atoms with Gasteiger partial charge in [0.1, 0.15) is 0 Å². The molecule has 0 saturated carbocycles. The van der Waals surface area contributed by atoms with Crippen molar-refractivity contribution >= 4 is 23.5 Å². The Morgan fingerprint density at radius 3 is 2.58 bits per heavy atom. The second-order valence-corrected chi connectivity index (χ2v) is 6.09. The molecule has 1 atom stereocenters. The highest BCUT2D eigenvalue weighted by molar-refractivity contribution is 7.80. The third kappa shape index (κ3) is 2.70. The van der Waals surface area contributed by atoms with Gasteiger partial charge >= 0.3 is 5.69 Å². The minimum absolute atomic E-state index is 0.0513. The molecule has 7 heteroatoms. The molecule has 0 fully saturated rings. The monoisotopic (exact) mass is 344 g/mol. The van der Waals surface area contributed by atoms with E-state index in [1.54, 1.807) is 7.05 Å². The summed E-state index contributed by atoms with van der Waals surface area (Å²) in [6.45, 7) is 0.705. The molecule has 0 bridgehead atoms. The van der Waals surface area contributed by atoms with Crippen molar-refractivity contribution < 1.29 is 0 Å². The summed E-state index contributed by atoms with van der Waals surface area (Å²) < 4.78 is 3.51. The van der Waals surface area contributed by atoms with E-state index in [0.717, 1.165) is 11.3 Å². The van der Waals surface area contributed by atoms with E-state index in [2.05, 4.69) is 22.9 Å². The van der Waals surface area contributed by atoms with Crippen LogP contribution >= 0.6 is 12.6 Å². The van der Waals surface area contributed by atoms with Gasteiger partial charge in [0.25, 0.3) is 5.56 Å². The lowest BCUT2D eigenvalue weighted by molar-refractivity contribution is 0.534. The number of benzene rings is 1. The zero-order valence-corrected chi connectivity index (χ0v) is 14.5. The Kier molecular flexibility index (Phi) is 4.64. The van der Waals surface area contributed by atoms with Gasteiger partial charge in [-0.1, -0.05) is 30.3 Å². The summed E-state index contributed by atoms with van der Waals surface area (Å²) in [7, 11) is 3.54. The number of nitrogens with one attached hydrogen (secondary N) is 2. The summed E-state index contributed by atoms with van der Waals surface area (Å²) in [5.74, 6) is 0.605. The third-order valence-corrected chi connectivity index (χ3v) is 4.64. The van der Waals surface area contributed by atoms with Crippen molar-refractivity contribution in [3.8, 4) is 11.3 Å². The maximum absolute atomic E-state index is 12.5. The van der Waals surface area contributed by atoms with Crippen molar-refractivity contribution in [1.29, 1.82) is 0 Å². The van der Waals surface area contributed by atoms with E-state index in [4.69, 9.17) is 0 Å². The fourth-order valence-electron chi connectivity index (χ4n) is 3.01. The number of thiol groups is 1. The van der Waals surface area contributed by atoms with Crippen LogP contribution < -0.4 is 16.6 Å². The number of aromatic amines is 1. The van der Waals surface area contributed by atoms with E-state index in [1.165, 1.54) is 4.57 Å². The molecular formula is C17H20N4O2S. The molecule has 2 N–H and O–H groups in total. The highest BCUT2D eigenvalue weighted by atomic mass is 32.1. The smallest absolute Gasteiger partial charge is 0.328 e. The number of hydrogen-bond donors (Lipinski definition) is 3. The number of likely N-dealkylation sites (N-methyl/N-ethyl adjacent to an activating group) is 1. The molecule has 0 spiro atoms. The molecule has 2 heterocycles. The van der Waals surface area contributed by atoms with Gasteiger partial charge in [0, 0.05) is 25.5 Å². The summed E-state index contributed by atoms with van der Waals surface area (Å²) in [6, 6.07) is 9.78. The summed E-state index contributed by atoms with van der Waals surface area (Å²) in [6.07, 6.45) is 1.87. The highest BCUT2D eigenvalue weighted by Crippen LogP contribution is 2.30. The summed E-state index contributed by atoms with van der Waals surface area (Å²) in [4.78, 5) is 26.9. The van der Waals surface area contributed by atoms with E-state index in [9.17, 15) is 9.59 Å². The zero-order chi connectivity index (χ0) is 17.3. The van der Waals surface area contributed by atoms with Crippen LogP contribution in [0.3, 0.4) is 0 Å². The Morgan fingerprint density at radius 1 is 1.25 bits per heavy atom. The number of H-pyrrole nitrogens is 1. The number of fused-ring (bicyclic) bond motifs is 1. The van der Waals surface area contributed by atoms with Crippen LogP contribution in [-0.4, -0.2) is 33.5 Å². The van der Waals surface area contributed by atoms with E-state index in [-0.39, 0.29) is 11.6 Å². The van der Waals surface area contributed by atoms with Gasteiger partial charge in [-0.3, -0.25) is 14.3 Å². The molecule has 6 nitrogen and oxygen atoms in total. The predicted octanol–water partition coefficient (Wildman–Crippen LogP) is 1.39. The van der Waals surface area contributed by atoms with Crippen molar-refractivity contribution in [3.63, 3.8) is 0 Å². The fourth-order valence-corrected chi connectivity index (χ4v) is 3.31. The van der Waals surface area contributed by atoms with Crippen LogP contribution in [0.5, 0.6) is 0 Å². The Balaban J connectivity index is 2.43. The molecule has 0 unspecified atom stereocenters. The third-order valence-electron chi connectivity index (χ3n) is 4.22. The normalized spacial score (nSPS) is 12.6. The van der Waals surface area contributed by atoms with Gasteiger partial charge in [-0.15, -0.1) is 0 Å². The number of hydrogen-bond acceptors (Lipinski definition) is 4. The first-order chi connectivity index (χ1) is 11.6. The van der Waals surface area contributed by atoms with Gasteiger partial charge in [0.2, 0.25) is 0 Å². The summed E-state index contributed by atoms with van der Waals surface area (Å²) in [5.41, 5.74) is 1.56. The maximum atomic E-state index is 12.5. The minimum Gasteiger partial charge on any atom is -0.339 e. The zero-order valence-electron chi connectivity index (χ0n) is 13.6. The Bertz CT molecular complexity index is 972. The molecule has 1 aromatic carbocycles. The number of aromatic nitrogens is 3. The average Bonchev–Trinajstić information content (AvgIpc) is 2.99. The van der Waals surface area contributed by atoms with Gasteiger partial charge in [0.15, 0.2) is 0 Å². The fraction of sp³-hybridized carbons (Fsp3) is 0.294. The number of nitrogens with zero attached hydrogens (tertiary/aromatic N) is 2. The molecule has 0 aliphatic heterocycles. The van der Waals surface area contributed by atoms with Crippen molar-refractivity contribution in [1.82, 2.24) is 19.4 Å². The molecule has 0 aliphatic rings. The SMILES string of the molecule is CNC[C@@H](CS)n1cc2c(c1-c1ccccc1)c(=O)[nH]c(=O)n2C. The minimum atomic E-state index is -0.416. The van der Waals surface area contributed by atoms with Gasteiger partial charge in [-0.2, -0.15) is 12.6 Å². The van der Waals surface area contributed by atoms with Crippen LogP contribution in [0.4, 0.5) is 0 Å². The summed E-state index contributed by atoms with van der Waals surface area (Å²) >= 11 is 4.46. The van der Waals surface area contributed by atoms with Crippen molar-refractivity contribution in [3.05, 3.63) is 57.4 Å². The maximum Gasteiger partial charge on any atom is 0.328 e. The standard InChI is InChI=1S/C17H20N4O2S/c1-18-8-12(10-24)21-9-13-14(16(22)19-17(23)20(13)2)15(21)11-6-4-3-5-7-11/h3-7,9,12,18,24H,8,10H2,1-2H3,(H,19,22,23)/t12-/m0/s1. The average molecular weight is 344 g/mol. The lowest BCUT2D eigenvalue weighted by atomic mass is 10.1. The Labute approximate surface area is 144 Å². The number of rotatable bonds is 5. The Morgan fingerprint density at radius 2 is 1.96 bits per heavy atom. The van der Waals surface area contributed by atoms with E-state index < -0.39 is 5.69 Å². The van der Waals surface area contributed by atoms with E-state index in [1.807, 2.05) is 48.1 Å². The molecule has 126 valence electrons. The Hall–Kier alpha value is -2.25. The molecule has 0 radical (unpaired) electrons. The van der Waals surface area contributed by atoms with Crippen LogP contribution in [0.1, 0.15) is 6.04 Å². The molecule has 24 heavy (non-hydrogen) atoms. The van der Waals surface area contributed by atoms with Crippen LogP contribution in [0.15, 0.2) is 46.1 Å². The first-order valence-corrected chi connectivity index (χ1v) is 8.36. The van der Waals surface area contributed by atoms with Gasteiger partial charge in [-0.25, -0.2) is 4.79 Å². The quantitative estimate of drug-likeness (QED) is 0.613. The predicted molar refractivity (Wildman–Crippen MR) is 100 cm³/mol. The second-order valence-electron chi connectivity index (χ2n) is 5.72. The lowest BCUT2D eigenvalue weighted by Crippen LogP contribution is -2.27. The van der Waals surface area contributed by atoms with E-state index >= 15 is 0 Å². The van der Waals surface area contributed by atoms with E-state index in [0.29, 0.717) is 23.2 Å². The first-order valence-electron chi connectivity index (χ1n) is 7.73. The molecular weight excluding hydrogens is 324 g/mol.